The summed E-state index contributed by atoms with van der Waals surface area (Å²) in [4.78, 5) is 26.8. The van der Waals surface area contributed by atoms with Crippen molar-refractivity contribution in [1.82, 2.24) is 9.55 Å². The Morgan fingerprint density at radius 2 is 2.00 bits per heavy atom. The predicted octanol–water partition coefficient (Wildman–Crippen LogP) is 1.74. The first-order valence-electron chi connectivity index (χ1n) is 5.87. The fourth-order valence-corrected chi connectivity index (χ4v) is 2.08. The fourth-order valence-electron chi connectivity index (χ4n) is 2.08. The van der Waals surface area contributed by atoms with E-state index in [1.807, 2.05) is 0 Å². The second kappa shape index (κ2) is 4.34. The molecule has 3 N–H and O–H groups in total. The summed E-state index contributed by atoms with van der Waals surface area (Å²) in [5.41, 5.74) is 6.48. The quantitative estimate of drug-likeness (QED) is 0.661. The Morgan fingerprint density at radius 3 is 2.75 bits per heavy atom. The number of nitrogens with zero attached hydrogens (tertiary/aromatic N) is 1. The third-order valence-electron chi connectivity index (χ3n) is 2.98. The number of carbonyl (C=O) groups is 1. The molecular formula is C14H10FN3O2. The van der Waals surface area contributed by atoms with Gasteiger partial charge in [-0.1, -0.05) is 6.07 Å². The number of halogens is 1. The summed E-state index contributed by atoms with van der Waals surface area (Å²) in [5.74, 6) is -1.13. The van der Waals surface area contributed by atoms with Crippen molar-refractivity contribution in [3.63, 3.8) is 0 Å². The van der Waals surface area contributed by atoms with Crippen molar-refractivity contribution in [3.05, 3.63) is 64.3 Å². The topological polar surface area (TPSA) is 80.9 Å². The molecule has 3 rings (SSSR count). The van der Waals surface area contributed by atoms with Crippen LogP contribution >= 0.6 is 0 Å². The number of fused-ring (bicyclic) bond motifs is 1. The van der Waals surface area contributed by atoms with Crippen LogP contribution in [0.5, 0.6) is 0 Å². The van der Waals surface area contributed by atoms with E-state index in [0.29, 0.717) is 16.7 Å². The van der Waals surface area contributed by atoms with Crippen LogP contribution in [0, 0.1) is 5.82 Å². The van der Waals surface area contributed by atoms with Gasteiger partial charge in [0.2, 0.25) is 0 Å². The van der Waals surface area contributed by atoms with Gasteiger partial charge in [0.05, 0.1) is 11.0 Å². The number of carbonyl (C=O) groups excluding carboxylic acids is 1. The van der Waals surface area contributed by atoms with Crippen molar-refractivity contribution in [2.24, 2.45) is 0 Å². The number of imidazole rings is 1. The summed E-state index contributed by atoms with van der Waals surface area (Å²) in [6, 6.07) is 9.91. The molecule has 0 bridgehead atoms. The molecular weight excluding hydrogens is 261 g/mol. The first kappa shape index (κ1) is 12.2. The van der Waals surface area contributed by atoms with Crippen LogP contribution in [0.15, 0.2) is 47.3 Å². The van der Waals surface area contributed by atoms with Crippen molar-refractivity contribution in [1.29, 1.82) is 0 Å². The van der Waals surface area contributed by atoms with E-state index in [4.69, 9.17) is 5.73 Å². The highest BCUT2D eigenvalue weighted by Crippen LogP contribution is 2.15. The monoisotopic (exact) mass is 271 g/mol. The maximum atomic E-state index is 13.2. The van der Waals surface area contributed by atoms with Gasteiger partial charge < -0.3 is 10.7 Å². The van der Waals surface area contributed by atoms with Gasteiger partial charge in [-0.3, -0.25) is 4.79 Å². The van der Waals surface area contributed by atoms with Crippen LogP contribution < -0.4 is 11.4 Å². The Labute approximate surface area is 112 Å². The van der Waals surface area contributed by atoms with E-state index in [-0.39, 0.29) is 5.56 Å². The lowest BCUT2D eigenvalue weighted by Gasteiger charge is -2.02. The van der Waals surface area contributed by atoms with E-state index < -0.39 is 17.4 Å². The van der Waals surface area contributed by atoms with Gasteiger partial charge in [-0.25, -0.2) is 13.8 Å². The average molecular weight is 271 g/mol. The molecule has 1 heterocycles. The molecule has 6 heteroatoms. The lowest BCUT2D eigenvalue weighted by molar-refractivity contribution is 0.0960. The maximum absolute atomic E-state index is 13.2. The van der Waals surface area contributed by atoms with E-state index in [0.717, 1.165) is 10.6 Å². The van der Waals surface area contributed by atoms with Crippen molar-refractivity contribution < 1.29 is 9.18 Å². The molecule has 0 aliphatic carbocycles. The number of hydrogen-bond acceptors (Lipinski definition) is 3. The number of anilines is 1. The molecule has 0 fully saturated rings. The van der Waals surface area contributed by atoms with Crippen molar-refractivity contribution in [2.75, 3.05) is 5.73 Å². The molecule has 0 unspecified atom stereocenters. The number of aromatic amines is 1. The zero-order valence-corrected chi connectivity index (χ0v) is 10.3. The number of rotatable bonds is 1. The Balaban J connectivity index is 2.22. The van der Waals surface area contributed by atoms with E-state index in [1.54, 1.807) is 18.2 Å². The van der Waals surface area contributed by atoms with Crippen LogP contribution in [0.2, 0.25) is 0 Å². The minimum absolute atomic E-state index is 0.102. The normalized spacial score (nSPS) is 10.8. The Kier molecular flexibility index (Phi) is 2.64. The number of nitrogens with two attached hydrogens (primary N) is 1. The minimum Gasteiger partial charge on any atom is -0.399 e. The van der Waals surface area contributed by atoms with Crippen molar-refractivity contribution >= 4 is 22.6 Å². The van der Waals surface area contributed by atoms with Crippen LogP contribution in [0.3, 0.4) is 0 Å². The zero-order chi connectivity index (χ0) is 14.3. The minimum atomic E-state index is -0.592. The van der Waals surface area contributed by atoms with Gasteiger partial charge in [-0.05, 0) is 36.4 Å². The largest absolute Gasteiger partial charge is 0.399 e. The highest BCUT2D eigenvalue weighted by atomic mass is 19.1. The van der Waals surface area contributed by atoms with E-state index in [2.05, 4.69) is 4.98 Å². The lowest BCUT2D eigenvalue weighted by Crippen LogP contribution is -2.24. The predicted molar refractivity (Wildman–Crippen MR) is 73.1 cm³/mol. The van der Waals surface area contributed by atoms with E-state index >= 15 is 0 Å². The molecule has 0 radical (unpaired) electrons. The number of nitrogens with one attached hydrogen (secondary N) is 1. The van der Waals surface area contributed by atoms with Gasteiger partial charge in [0.25, 0.3) is 5.91 Å². The van der Waals surface area contributed by atoms with Crippen molar-refractivity contribution in [3.8, 4) is 0 Å². The highest BCUT2D eigenvalue weighted by Gasteiger charge is 2.16. The third-order valence-corrected chi connectivity index (χ3v) is 2.98. The van der Waals surface area contributed by atoms with Gasteiger partial charge in [0, 0.05) is 11.3 Å². The number of benzene rings is 2. The standard InChI is InChI=1S/C14H10FN3O2/c15-9-3-1-2-8(6-9)13(19)18-12-5-4-10(16)7-11(12)17-14(18)20/h1-7H,16H2,(H,17,20). The number of hydrogen-bond donors (Lipinski definition) is 2. The fraction of sp³-hybridized carbons (Fsp3) is 0. The van der Waals surface area contributed by atoms with Crippen LogP contribution in [-0.2, 0) is 0 Å². The molecule has 5 nitrogen and oxygen atoms in total. The Bertz CT molecular complexity index is 880. The van der Waals surface area contributed by atoms with E-state index in [1.165, 1.54) is 18.2 Å². The van der Waals surface area contributed by atoms with Gasteiger partial charge in [-0.15, -0.1) is 0 Å². The number of aromatic nitrogens is 2. The van der Waals surface area contributed by atoms with Gasteiger partial charge in [0.15, 0.2) is 0 Å². The highest BCUT2D eigenvalue weighted by molar-refractivity contribution is 6.01. The molecule has 0 amide bonds. The molecule has 2 aromatic carbocycles. The molecule has 0 saturated heterocycles. The molecule has 100 valence electrons. The van der Waals surface area contributed by atoms with Crippen molar-refractivity contribution in [2.45, 2.75) is 0 Å². The average Bonchev–Trinajstić information content (AvgIpc) is 2.73. The van der Waals surface area contributed by atoms with Crippen LogP contribution in [0.4, 0.5) is 10.1 Å². The zero-order valence-electron chi connectivity index (χ0n) is 10.3. The summed E-state index contributed by atoms with van der Waals surface area (Å²) in [6.07, 6.45) is 0. The number of H-pyrrole nitrogens is 1. The van der Waals surface area contributed by atoms with Crippen LogP contribution in [0.25, 0.3) is 11.0 Å². The maximum Gasteiger partial charge on any atom is 0.333 e. The summed E-state index contributed by atoms with van der Waals surface area (Å²) >= 11 is 0. The Morgan fingerprint density at radius 1 is 1.20 bits per heavy atom. The van der Waals surface area contributed by atoms with Crippen LogP contribution in [0.1, 0.15) is 10.4 Å². The first-order chi connectivity index (χ1) is 9.56. The van der Waals surface area contributed by atoms with Gasteiger partial charge >= 0.3 is 5.69 Å². The summed E-state index contributed by atoms with van der Waals surface area (Å²) < 4.78 is 14.1. The second-order valence-electron chi connectivity index (χ2n) is 4.36. The molecule has 0 spiro atoms. The SMILES string of the molecule is Nc1ccc2c(c1)[nH]c(=O)n2C(=O)c1cccc(F)c1. The van der Waals surface area contributed by atoms with Gasteiger partial charge in [-0.2, -0.15) is 0 Å². The molecule has 20 heavy (non-hydrogen) atoms. The van der Waals surface area contributed by atoms with E-state index in [9.17, 15) is 14.0 Å². The second-order valence-corrected chi connectivity index (χ2v) is 4.36. The summed E-state index contributed by atoms with van der Waals surface area (Å²) in [7, 11) is 0. The van der Waals surface area contributed by atoms with Crippen LogP contribution in [-0.4, -0.2) is 15.5 Å². The lowest BCUT2D eigenvalue weighted by atomic mass is 10.2. The first-order valence-corrected chi connectivity index (χ1v) is 5.87. The number of nitrogen functional groups attached to an aromatic ring is 1. The summed E-state index contributed by atoms with van der Waals surface area (Å²) in [6.45, 7) is 0. The molecule has 0 saturated carbocycles. The molecule has 0 aliphatic heterocycles. The third kappa shape index (κ3) is 1.87. The van der Waals surface area contributed by atoms with Gasteiger partial charge in [0.1, 0.15) is 5.82 Å². The molecule has 3 aromatic rings. The Hall–Kier alpha value is -2.89. The molecule has 0 aliphatic rings. The smallest absolute Gasteiger partial charge is 0.333 e. The summed E-state index contributed by atoms with van der Waals surface area (Å²) in [5, 5.41) is 0. The molecule has 1 aromatic heterocycles. The molecule has 0 atom stereocenters.